The molecule has 226 valence electrons. The molecule has 4 aliphatic rings. The zero-order chi connectivity index (χ0) is 30.0. The second-order valence-corrected chi connectivity index (χ2v) is 14.4. The van der Waals surface area contributed by atoms with E-state index in [1.807, 2.05) is 24.3 Å². The molecule has 3 N–H and O–H groups in total. The maximum Gasteiger partial charge on any atom is 0.238 e. The second kappa shape index (κ2) is 10.6. The first-order valence-corrected chi connectivity index (χ1v) is 15.9. The third-order valence-corrected chi connectivity index (χ3v) is 11.1. The molecule has 7 rings (SSSR count). The van der Waals surface area contributed by atoms with Crippen LogP contribution in [0.1, 0.15) is 94.1 Å². The van der Waals surface area contributed by atoms with Gasteiger partial charge in [-0.05, 0) is 92.2 Å². The fraction of sp³-hybridized carbons (Fsp3) is 0.531. The van der Waals surface area contributed by atoms with Crippen molar-refractivity contribution in [2.45, 2.75) is 100 Å². The number of rotatable bonds is 4. The van der Waals surface area contributed by atoms with E-state index >= 15 is 0 Å². The van der Waals surface area contributed by atoms with Gasteiger partial charge in [-0.1, -0.05) is 43.1 Å². The summed E-state index contributed by atoms with van der Waals surface area (Å²) in [7, 11) is 0. The molecule has 2 aromatic heterocycles. The molecule has 2 aliphatic heterocycles. The number of benzene rings is 1. The fourth-order valence-corrected chi connectivity index (χ4v) is 8.79. The molecule has 11 heteroatoms. The van der Waals surface area contributed by atoms with Gasteiger partial charge in [0.05, 0.1) is 6.04 Å². The van der Waals surface area contributed by atoms with Crippen LogP contribution in [0.15, 0.2) is 47.3 Å². The van der Waals surface area contributed by atoms with E-state index in [9.17, 15) is 9.59 Å². The minimum absolute atomic E-state index is 0.0106. The maximum absolute atomic E-state index is 14.6. The summed E-state index contributed by atoms with van der Waals surface area (Å²) < 4.78 is 5.44. The Balaban J connectivity index is 1.29. The normalized spacial score (nSPS) is 30.7. The summed E-state index contributed by atoms with van der Waals surface area (Å²) in [5.41, 5.74) is 0.831. The first kappa shape index (κ1) is 28.7. The Hall–Kier alpha value is -3.01. The predicted octanol–water partition coefficient (Wildman–Crippen LogP) is 5.90. The number of hydrogen-bond acceptors (Lipinski definition) is 7. The molecule has 2 saturated carbocycles. The Morgan fingerprint density at radius 2 is 1.81 bits per heavy atom. The van der Waals surface area contributed by atoms with E-state index in [1.54, 1.807) is 12.3 Å². The van der Waals surface area contributed by atoms with Crippen LogP contribution in [0.4, 0.5) is 5.69 Å². The van der Waals surface area contributed by atoms with E-state index in [1.165, 1.54) is 6.39 Å². The number of nitrogens with one attached hydrogen (secondary N) is 3. The highest BCUT2D eigenvalue weighted by atomic mass is 35.5. The van der Waals surface area contributed by atoms with Crippen molar-refractivity contribution in [3.63, 3.8) is 0 Å². The maximum atomic E-state index is 14.6. The molecule has 2 amide bonds. The van der Waals surface area contributed by atoms with Gasteiger partial charge in [0.25, 0.3) is 0 Å². The number of carbonyl (C=O) groups is 2. The minimum atomic E-state index is -1.05. The molecular formula is C32H36Cl2N6O3. The average Bonchev–Trinajstić information content (AvgIpc) is 3.68. The molecule has 1 saturated heterocycles. The molecule has 1 aromatic carbocycles. The predicted molar refractivity (Wildman–Crippen MR) is 163 cm³/mol. The average molecular weight is 624 g/mol. The van der Waals surface area contributed by atoms with Crippen LogP contribution in [0.25, 0.3) is 0 Å². The lowest BCUT2D eigenvalue weighted by molar-refractivity contribution is -0.125. The summed E-state index contributed by atoms with van der Waals surface area (Å²) in [5, 5.41) is 19.2. The van der Waals surface area contributed by atoms with Crippen molar-refractivity contribution >= 4 is 40.7 Å². The number of anilines is 1. The highest BCUT2D eigenvalue weighted by molar-refractivity contribution is 6.31. The lowest BCUT2D eigenvalue weighted by Gasteiger charge is -2.50. The first-order chi connectivity index (χ1) is 20.6. The third-order valence-electron chi connectivity index (χ3n) is 10.6. The van der Waals surface area contributed by atoms with Gasteiger partial charge in [-0.2, -0.15) is 0 Å². The molecular weight excluding hydrogens is 587 g/mol. The monoisotopic (exact) mass is 622 g/mol. The molecule has 43 heavy (non-hydrogen) atoms. The van der Waals surface area contributed by atoms with Crippen molar-refractivity contribution in [1.29, 1.82) is 0 Å². The summed E-state index contributed by atoms with van der Waals surface area (Å²) in [4.78, 5) is 33.3. The van der Waals surface area contributed by atoms with Crippen LogP contribution in [0.5, 0.6) is 0 Å². The van der Waals surface area contributed by atoms with Gasteiger partial charge in [0.1, 0.15) is 10.6 Å². The van der Waals surface area contributed by atoms with Crippen molar-refractivity contribution in [2.24, 2.45) is 5.41 Å². The summed E-state index contributed by atoms with van der Waals surface area (Å²) in [5.74, 6) is 0.133. The third kappa shape index (κ3) is 4.66. The standard InChI is InChI=1S/C32H36Cl2N6O3/c1-30(2)10-12-31(13-11-30)32(22-8-5-20(33)16-23(22)38-29(32)42)25(19-9-14-35-24(34)15-19)26(39-31)27(41)37-21-6-3-18(4-7-21)28-40-36-17-43-28/h5,8-9,14-18,21,25-26,39H,3-4,6-7,10-13H2,1-2H3,(H,37,41)(H,38,42)/t18?,21?,25-,26+,32+/m0/s1. The molecule has 4 heterocycles. The molecule has 0 radical (unpaired) electrons. The van der Waals surface area contributed by atoms with Crippen LogP contribution in [0.2, 0.25) is 10.2 Å². The number of hydrogen-bond donors (Lipinski definition) is 3. The highest BCUT2D eigenvalue weighted by Crippen LogP contribution is 2.63. The number of nitrogens with zero attached hydrogens (tertiary/aromatic N) is 3. The molecule has 9 nitrogen and oxygen atoms in total. The van der Waals surface area contributed by atoms with Crippen LogP contribution in [-0.2, 0) is 15.0 Å². The lowest BCUT2D eigenvalue weighted by atomic mass is 9.53. The van der Waals surface area contributed by atoms with Crippen LogP contribution >= 0.6 is 23.2 Å². The SMILES string of the molecule is CC1(C)CCC2(CC1)N[C@@H](C(=O)NC1CCC(c3nnco3)CC1)[C@H](c1ccnc(Cl)c1)[C@]21C(=O)Nc2cc(Cl)ccc21. The van der Waals surface area contributed by atoms with Crippen molar-refractivity contribution in [1.82, 2.24) is 25.8 Å². The molecule has 0 unspecified atom stereocenters. The Morgan fingerprint density at radius 1 is 1.05 bits per heavy atom. The second-order valence-electron chi connectivity index (χ2n) is 13.5. The van der Waals surface area contributed by atoms with Gasteiger partial charge in [0, 0.05) is 40.3 Å². The van der Waals surface area contributed by atoms with Crippen molar-refractivity contribution in [3.8, 4) is 0 Å². The van der Waals surface area contributed by atoms with Crippen LogP contribution in [0, 0.1) is 5.41 Å². The van der Waals surface area contributed by atoms with Gasteiger partial charge in [0.2, 0.25) is 24.1 Å². The topological polar surface area (TPSA) is 122 Å². The highest BCUT2D eigenvalue weighted by Gasteiger charge is 2.72. The minimum Gasteiger partial charge on any atom is -0.428 e. The smallest absolute Gasteiger partial charge is 0.238 e. The number of pyridine rings is 1. The number of amides is 2. The van der Waals surface area contributed by atoms with Gasteiger partial charge in [-0.25, -0.2) is 4.98 Å². The Labute approximate surface area is 260 Å². The molecule has 0 bridgehead atoms. The first-order valence-electron chi connectivity index (χ1n) is 15.2. The van der Waals surface area contributed by atoms with Gasteiger partial charge in [-0.3, -0.25) is 14.9 Å². The van der Waals surface area contributed by atoms with Crippen LogP contribution < -0.4 is 16.0 Å². The van der Waals surface area contributed by atoms with E-state index in [-0.39, 0.29) is 29.2 Å². The zero-order valence-corrected chi connectivity index (χ0v) is 25.8. The zero-order valence-electron chi connectivity index (χ0n) is 24.3. The van der Waals surface area contributed by atoms with Gasteiger partial charge in [-0.15, -0.1) is 10.2 Å². The summed E-state index contributed by atoms with van der Waals surface area (Å²) in [6.45, 7) is 4.55. The van der Waals surface area contributed by atoms with Gasteiger partial charge in [0.15, 0.2) is 0 Å². The van der Waals surface area contributed by atoms with E-state index in [0.717, 1.165) is 62.5 Å². The van der Waals surface area contributed by atoms with E-state index in [2.05, 4.69) is 45.0 Å². The van der Waals surface area contributed by atoms with Crippen molar-refractivity contribution in [3.05, 3.63) is 70.1 Å². The summed E-state index contributed by atoms with van der Waals surface area (Å²) in [6.07, 6.45) is 9.71. The van der Waals surface area contributed by atoms with Gasteiger partial charge < -0.3 is 15.1 Å². The van der Waals surface area contributed by atoms with E-state index in [0.29, 0.717) is 21.8 Å². The molecule has 3 atom stereocenters. The van der Waals surface area contributed by atoms with Crippen LogP contribution in [-0.4, -0.2) is 44.6 Å². The van der Waals surface area contributed by atoms with Crippen molar-refractivity contribution < 1.29 is 14.0 Å². The van der Waals surface area contributed by atoms with Crippen molar-refractivity contribution in [2.75, 3.05) is 5.32 Å². The Bertz CT molecular complexity index is 1540. The molecule has 2 spiro atoms. The Kier molecular flexibility index (Phi) is 7.06. The summed E-state index contributed by atoms with van der Waals surface area (Å²) in [6, 6.07) is 8.66. The quantitative estimate of drug-likeness (QED) is 0.310. The molecule has 3 aromatic rings. The lowest BCUT2D eigenvalue weighted by Crippen LogP contribution is -2.61. The van der Waals surface area contributed by atoms with Crippen LogP contribution in [0.3, 0.4) is 0 Å². The number of fused-ring (bicyclic) bond motifs is 3. The van der Waals surface area contributed by atoms with E-state index in [4.69, 9.17) is 27.6 Å². The fourth-order valence-electron chi connectivity index (χ4n) is 8.43. The number of aromatic nitrogens is 3. The van der Waals surface area contributed by atoms with Gasteiger partial charge >= 0.3 is 0 Å². The molecule has 3 fully saturated rings. The summed E-state index contributed by atoms with van der Waals surface area (Å²) >= 11 is 12.9. The Morgan fingerprint density at radius 3 is 2.51 bits per heavy atom. The number of carbonyl (C=O) groups excluding carboxylic acids is 2. The number of halogens is 2. The largest absolute Gasteiger partial charge is 0.428 e. The molecule has 2 aliphatic carbocycles. The van der Waals surface area contributed by atoms with E-state index < -0.39 is 22.9 Å².